The molecule has 3 rings (SSSR count). The van der Waals surface area contributed by atoms with E-state index in [0.717, 1.165) is 28.9 Å². The lowest BCUT2D eigenvalue weighted by atomic mass is 10.0. The van der Waals surface area contributed by atoms with E-state index in [1.165, 1.54) is 0 Å². The molecule has 0 spiro atoms. The van der Waals surface area contributed by atoms with Gasteiger partial charge in [-0.25, -0.2) is 14.5 Å². The smallest absolute Gasteiger partial charge is 0.162 e. The summed E-state index contributed by atoms with van der Waals surface area (Å²) in [6.07, 6.45) is 4.03. The summed E-state index contributed by atoms with van der Waals surface area (Å²) in [6.45, 7) is 3.36. The van der Waals surface area contributed by atoms with Crippen LogP contribution in [0.25, 0.3) is 16.9 Å². The van der Waals surface area contributed by atoms with E-state index in [9.17, 15) is 0 Å². The van der Waals surface area contributed by atoms with Crippen molar-refractivity contribution < 1.29 is 4.74 Å². The summed E-state index contributed by atoms with van der Waals surface area (Å²) < 4.78 is 7.17. The predicted octanol–water partition coefficient (Wildman–Crippen LogP) is 2.53. The Balaban J connectivity index is 0.00000161. The lowest BCUT2D eigenvalue weighted by Crippen LogP contribution is -2.05. The van der Waals surface area contributed by atoms with Crippen molar-refractivity contribution in [2.75, 3.05) is 13.2 Å². The lowest BCUT2D eigenvalue weighted by molar-refractivity contribution is 0.151. The van der Waals surface area contributed by atoms with Crippen molar-refractivity contribution in [1.82, 2.24) is 25.7 Å². The van der Waals surface area contributed by atoms with Crippen LogP contribution in [0.15, 0.2) is 43.0 Å². The van der Waals surface area contributed by atoms with Crippen molar-refractivity contribution in [1.29, 1.82) is 0 Å². The van der Waals surface area contributed by atoms with Gasteiger partial charge in [-0.1, -0.05) is 30.3 Å². The van der Waals surface area contributed by atoms with Crippen molar-refractivity contribution in [3.05, 3.63) is 48.5 Å². The number of hydrogen-bond acceptors (Lipinski definition) is 5. The molecule has 1 aromatic carbocycles. The first-order valence-corrected chi connectivity index (χ1v) is 6.70. The molecule has 0 unspecified atom stereocenters. The standard InChI is InChI=1S/C15H16N4O.H3N/c1-2-20-9-8-13-14(12-6-4-3-5-7-12)17-11-19-15(13)16-10-18-19;/h3-7,10-11H,2,8-9H2,1H3;1H3. The number of rotatable bonds is 5. The number of benzene rings is 1. The molecule has 0 saturated heterocycles. The van der Waals surface area contributed by atoms with Crippen molar-refractivity contribution in [3.8, 4) is 11.3 Å². The van der Waals surface area contributed by atoms with E-state index in [-0.39, 0.29) is 6.15 Å². The van der Waals surface area contributed by atoms with Crippen LogP contribution in [0.5, 0.6) is 0 Å². The molecule has 0 atom stereocenters. The fourth-order valence-corrected chi connectivity index (χ4v) is 2.24. The highest BCUT2D eigenvalue weighted by atomic mass is 16.5. The first-order chi connectivity index (χ1) is 9.90. The molecule has 21 heavy (non-hydrogen) atoms. The Kier molecular flexibility index (Phi) is 4.97. The van der Waals surface area contributed by atoms with Crippen LogP contribution >= 0.6 is 0 Å². The Bertz CT molecular complexity index is 696. The minimum absolute atomic E-state index is 0. The van der Waals surface area contributed by atoms with Crippen molar-refractivity contribution >= 4 is 5.65 Å². The third-order valence-corrected chi connectivity index (χ3v) is 3.17. The molecular weight excluding hydrogens is 266 g/mol. The molecule has 0 aliphatic heterocycles. The van der Waals surface area contributed by atoms with Gasteiger partial charge < -0.3 is 10.9 Å². The third kappa shape index (κ3) is 3.07. The Morgan fingerprint density at radius 3 is 2.71 bits per heavy atom. The van der Waals surface area contributed by atoms with Crippen molar-refractivity contribution in [3.63, 3.8) is 0 Å². The van der Waals surface area contributed by atoms with E-state index >= 15 is 0 Å². The molecule has 6 nitrogen and oxygen atoms in total. The summed E-state index contributed by atoms with van der Waals surface area (Å²) >= 11 is 0. The van der Waals surface area contributed by atoms with Crippen LogP contribution in [0, 0.1) is 0 Å². The number of fused-ring (bicyclic) bond motifs is 1. The highest BCUT2D eigenvalue weighted by Crippen LogP contribution is 2.23. The summed E-state index contributed by atoms with van der Waals surface area (Å²) in [5.74, 6) is 0. The summed E-state index contributed by atoms with van der Waals surface area (Å²) in [5.41, 5.74) is 3.96. The molecule has 2 aromatic heterocycles. The van der Waals surface area contributed by atoms with Gasteiger partial charge in [-0.15, -0.1) is 0 Å². The van der Waals surface area contributed by atoms with Gasteiger partial charge in [0.25, 0.3) is 0 Å². The summed E-state index contributed by atoms with van der Waals surface area (Å²) in [4.78, 5) is 8.87. The number of hydrogen-bond donors (Lipinski definition) is 1. The van der Waals surface area contributed by atoms with E-state index in [4.69, 9.17) is 4.74 Å². The van der Waals surface area contributed by atoms with Gasteiger partial charge in [0.2, 0.25) is 0 Å². The van der Waals surface area contributed by atoms with Crippen LogP contribution in [0.1, 0.15) is 12.5 Å². The molecule has 6 heteroatoms. The molecule has 0 fully saturated rings. The van der Waals surface area contributed by atoms with Crippen LogP contribution in [0.2, 0.25) is 0 Å². The number of ether oxygens (including phenoxy) is 1. The molecule has 110 valence electrons. The van der Waals surface area contributed by atoms with E-state index in [2.05, 4.69) is 27.2 Å². The van der Waals surface area contributed by atoms with Gasteiger partial charge in [-0.3, -0.25) is 0 Å². The van der Waals surface area contributed by atoms with E-state index in [0.29, 0.717) is 13.2 Å². The molecule has 0 saturated carbocycles. The summed E-state index contributed by atoms with van der Waals surface area (Å²) in [7, 11) is 0. The van der Waals surface area contributed by atoms with Gasteiger partial charge >= 0.3 is 0 Å². The quantitative estimate of drug-likeness (QED) is 0.728. The van der Waals surface area contributed by atoms with Gasteiger partial charge in [0.1, 0.15) is 12.7 Å². The van der Waals surface area contributed by atoms with E-state index in [1.54, 1.807) is 17.2 Å². The van der Waals surface area contributed by atoms with E-state index < -0.39 is 0 Å². The second kappa shape index (κ2) is 6.92. The topological polar surface area (TPSA) is 87.3 Å². The minimum Gasteiger partial charge on any atom is -0.381 e. The molecule has 2 heterocycles. The largest absolute Gasteiger partial charge is 0.381 e. The fourth-order valence-electron chi connectivity index (χ4n) is 2.24. The van der Waals surface area contributed by atoms with Gasteiger partial charge in [-0.05, 0) is 6.92 Å². The molecule has 3 aromatic rings. The molecule has 0 amide bonds. The molecule has 3 N–H and O–H groups in total. The zero-order chi connectivity index (χ0) is 13.8. The first-order valence-electron chi connectivity index (χ1n) is 6.70. The van der Waals surface area contributed by atoms with Crippen LogP contribution in [-0.4, -0.2) is 32.8 Å². The van der Waals surface area contributed by atoms with Crippen LogP contribution < -0.4 is 6.15 Å². The van der Waals surface area contributed by atoms with Crippen molar-refractivity contribution in [2.45, 2.75) is 13.3 Å². The Hall–Kier alpha value is -2.31. The average Bonchev–Trinajstić information content (AvgIpc) is 2.97. The first kappa shape index (κ1) is 15.1. The minimum atomic E-state index is 0. The fraction of sp³-hybridized carbons (Fsp3) is 0.267. The molecular formula is C15H19N5O. The third-order valence-electron chi connectivity index (χ3n) is 3.17. The highest BCUT2D eigenvalue weighted by Gasteiger charge is 2.12. The Morgan fingerprint density at radius 2 is 1.95 bits per heavy atom. The zero-order valence-corrected chi connectivity index (χ0v) is 12.1. The maximum absolute atomic E-state index is 5.47. The Labute approximate surface area is 123 Å². The molecule has 0 bridgehead atoms. The molecule has 0 aliphatic carbocycles. The maximum atomic E-state index is 5.47. The van der Waals surface area contributed by atoms with Gasteiger partial charge in [0.15, 0.2) is 5.65 Å². The average molecular weight is 285 g/mol. The van der Waals surface area contributed by atoms with Crippen LogP contribution in [0.4, 0.5) is 0 Å². The second-order valence-electron chi connectivity index (χ2n) is 4.41. The van der Waals surface area contributed by atoms with Crippen LogP contribution in [0.3, 0.4) is 0 Å². The predicted molar refractivity (Wildman–Crippen MR) is 81.4 cm³/mol. The second-order valence-corrected chi connectivity index (χ2v) is 4.41. The number of aromatic nitrogens is 4. The van der Waals surface area contributed by atoms with Crippen molar-refractivity contribution in [2.24, 2.45) is 0 Å². The van der Waals surface area contributed by atoms with Gasteiger partial charge in [0.05, 0.1) is 12.3 Å². The normalized spacial score (nSPS) is 10.5. The lowest BCUT2D eigenvalue weighted by Gasteiger charge is -2.09. The molecule has 0 radical (unpaired) electrons. The number of nitrogens with zero attached hydrogens (tertiary/aromatic N) is 4. The summed E-state index contributed by atoms with van der Waals surface area (Å²) in [6, 6.07) is 10.1. The van der Waals surface area contributed by atoms with Gasteiger partial charge in [0, 0.05) is 24.2 Å². The molecule has 0 aliphatic rings. The van der Waals surface area contributed by atoms with Crippen LogP contribution in [-0.2, 0) is 11.2 Å². The zero-order valence-electron chi connectivity index (χ0n) is 12.1. The van der Waals surface area contributed by atoms with Gasteiger partial charge in [-0.2, -0.15) is 5.10 Å². The summed E-state index contributed by atoms with van der Waals surface area (Å²) in [5, 5.41) is 4.14. The van der Waals surface area contributed by atoms with E-state index in [1.807, 2.05) is 25.1 Å². The monoisotopic (exact) mass is 285 g/mol. The maximum Gasteiger partial charge on any atom is 0.162 e. The SMILES string of the molecule is CCOCCc1c(-c2ccccc2)ncn2ncnc12.N. The Morgan fingerprint density at radius 1 is 1.14 bits per heavy atom. The highest BCUT2D eigenvalue weighted by molar-refractivity contribution is 5.69.